The highest BCUT2D eigenvalue weighted by atomic mass is 28.4. The third kappa shape index (κ3) is 7.49. The van der Waals surface area contributed by atoms with Gasteiger partial charge >= 0.3 is 0 Å². The van der Waals surface area contributed by atoms with Gasteiger partial charge in [-0.2, -0.15) is 0 Å². The molecule has 4 rings (SSSR count). The van der Waals surface area contributed by atoms with Crippen molar-refractivity contribution in [1.82, 2.24) is 19.1 Å². The van der Waals surface area contributed by atoms with Gasteiger partial charge in [0.25, 0.3) is 5.56 Å². The lowest BCUT2D eigenvalue weighted by atomic mass is 10.1. The van der Waals surface area contributed by atoms with Gasteiger partial charge in [-0.15, -0.1) is 0 Å². The Labute approximate surface area is 287 Å². The standard InChI is InChI=1S/C34H56F2N4O5Si3/c1-32(2,3)46(10,11)42-19-25-27(44-47(12,13)33(4,5)6)28(45-48(14,15)34(7,8)9)31(43-25)40-20-37-26-29(40)38-21-39(30(26)41)22-16-17-23(35)24(36)18-22/h16-18,20-21,25,27-28,31H,19H2,1-15H3/t25-,27-,28-,31-/m1/s1. The Morgan fingerprint density at radius 3 is 1.83 bits per heavy atom. The fourth-order valence-electron chi connectivity index (χ4n) is 4.79. The lowest BCUT2D eigenvalue weighted by Crippen LogP contribution is -2.54. The Hall–Kier alpha value is -2.08. The molecule has 1 aliphatic heterocycles. The van der Waals surface area contributed by atoms with Gasteiger partial charge in [-0.25, -0.2) is 18.7 Å². The van der Waals surface area contributed by atoms with Crippen molar-refractivity contribution in [2.45, 2.75) is 141 Å². The van der Waals surface area contributed by atoms with E-state index in [2.05, 4.69) is 112 Å². The van der Waals surface area contributed by atoms with Crippen LogP contribution in [-0.2, 0) is 18.0 Å². The number of aromatic nitrogens is 4. The van der Waals surface area contributed by atoms with E-state index in [0.717, 1.165) is 16.7 Å². The van der Waals surface area contributed by atoms with Crippen molar-refractivity contribution < 1.29 is 26.8 Å². The number of hydrogen-bond donors (Lipinski definition) is 0. The fraction of sp³-hybridized carbons (Fsp3) is 0.676. The number of hydrogen-bond acceptors (Lipinski definition) is 7. The zero-order valence-corrected chi connectivity index (χ0v) is 34.5. The van der Waals surface area contributed by atoms with Gasteiger partial charge in [0, 0.05) is 6.07 Å². The van der Waals surface area contributed by atoms with Crippen LogP contribution in [0.15, 0.2) is 35.6 Å². The third-order valence-electron chi connectivity index (χ3n) is 11.1. The van der Waals surface area contributed by atoms with E-state index in [9.17, 15) is 13.6 Å². The van der Waals surface area contributed by atoms with Crippen LogP contribution in [-0.4, -0.2) is 69.0 Å². The monoisotopic (exact) mass is 722 g/mol. The number of halogens is 2. The Morgan fingerprint density at radius 2 is 1.31 bits per heavy atom. The first-order chi connectivity index (χ1) is 21.7. The SMILES string of the molecule is CC(C)(C)[Si](C)(C)OC[C@H]1O[C@@H](n2cnc3c(=O)n(-c4ccc(F)c(F)c4)cnc32)[C@H](O[Si](C)(C)C(C)(C)C)[C@@H]1O[Si](C)(C)C(C)(C)C. The molecule has 0 saturated carbocycles. The molecule has 0 amide bonds. The minimum atomic E-state index is -2.41. The van der Waals surface area contributed by atoms with Gasteiger partial charge in [0.2, 0.25) is 0 Å². The number of rotatable bonds is 9. The molecule has 3 heterocycles. The minimum absolute atomic E-state index is 0.00433. The van der Waals surface area contributed by atoms with E-state index >= 15 is 0 Å². The van der Waals surface area contributed by atoms with Gasteiger partial charge in [-0.3, -0.25) is 13.9 Å². The average Bonchev–Trinajstić information content (AvgIpc) is 3.49. The Morgan fingerprint density at radius 1 is 0.771 bits per heavy atom. The maximum atomic E-state index is 14.1. The van der Waals surface area contributed by atoms with Crippen molar-refractivity contribution in [3.05, 3.63) is 52.8 Å². The fourth-order valence-corrected chi connectivity index (χ4v) is 8.41. The molecule has 0 radical (unpaired) electrons. The number of imidazole rings is 1. The molecular formula is C34H56F2N4O5Si3. The summed E-state index contributed by atoms with van der Waals surface area (Å²) in [6, 6.07) is 3.26. The van der Waals surface area contributed by atoms with Crippen LogP contribution in [0.4, 0.5) is 8.78 Å². The second-order valence-electron chi connectivity index (χ2n) is 17.7. The van der Waals surface area contributed by atoms with E-state index in [1.54, 1.807) is 10.9 Å². The predicted octanol–water partition coefficient (Wildman–Crippen LogP) is 8.56. The van der Waals surface area contributed by atoms with Crippen LogP contribution in [0.25, 0.3) is 16.9 Å². The van der Waals surface area contributed by atoms with Gasteiger partial charge in [0.15, 0.2) is 54.0 Å². The molecular weight excluding hydrogens is 667 g/mol. The highest BCUT2D eigenvalue weighted by molar-refractivity contribution is 6.75. The second kappa shape index (κ2) is 12.9. The Balaban J connectivity index is 1.86. The first-order valence-corrected chi connectivity index (χ1v) is 25.5. The summed E-state index contributed by atoms with van der Waals surface area (Å²) in [7, 11) is -6.93. The smallest absolute Gasteiger partial charge is 0.286 e. The maximum Gasteiger partial charge on any atom is 0.286 e. The molecule has 1 fully saturated rings. The lowest BCUT2D eigenvalue weighted by Gasteiger charge is -2.44. The van der Waals surface area contributed by atoms with Crippen LogP contribution in [0.5, 0.6) is 0 Å². The van der Waals surface area contributed by atoms with Crippen LogP contribution in [0.2, 0.25) is 54.4 Å². The summed E-state index contributed by atoms with van der Waals surface area (Å²) in [5, 5.41) is -0.191. The molecule has 48 heavy (non-hydrogen) atoms. The topological polar surface area (TPSA) is 89.6 Å². The first-order valence-electron chi connectivity index (χ1n) is 16.7. The first kappa shape index (κ1) is 38.7. The van der Waals surface area contributed by atoms with E-state index in [0.29, 0.717) is 12.3 Å². The quantitative estimate of drug-likeness (QED) is 0.205. The summed E-state index contributed by atoms with van der Waals surface area (Å²) >= 11 is 0. The summed E-state index contributed by atoms with van der Waals surface area (Å²) in [6.07, 6.45) is 0.638. The molecule has 1 saturated heterocycles. The van der Waals surface area contributed by atoms with Crippen LogP contribution in [0, 0.1) is 11.6 Å². The minimum Gasteiger partial charge on any atom is -0.414 e. The summed E-state index contributed by atoms with van der Waals surface area (Å²) in [4.78, 5) is 22.7. The summed E-state index contributed by atoms with van der Waals surface area (Å²) < 4.78 is 58.8. The van der Waals surface area contributed by atoms with Gasteiger partial charge in [-0.1, -0.05) is 62.3 Å². The molecule has 4 atom stereocenters. The van der Waals surface area contributed by atoms with Crippen molar-refractivity contribution in [1.29, 1.82) is 0 Å². The highest BCUT2D eigenvalue weighted by Crippen LogP contribution is 2.47. The molecule has 0 bridgehead atoms. The van der Waals surface area contributed by atoms with Crippen molar-refractivity contribution in [2.24, 2.45) is 0 Å². The van der Waals surface area contributed by atoms with E-state index in [4.69, 9.17) is 18.0 Å². The number of nitrogens with zero attached hydrogens (tertiary/aromatic N) is 4. The number of fused-ring (bicyclic) bond motifs is 1. The molecule has 1 aliphatic rings. The second-order valence-corrected chi connectivity index (χ2v) is 32.0. The molecule has 2 aromatic heterocycles. The van der Waals surface area contributed by atoms with Crippen LogP contribution in [0.3, 0.4) is 0 Å². The van der Waals surface area contributed by atoms with E-state index in [-0.39, 0.29) is 26.3 Å². The van der Waals surface area contributed by atoms with Crippen molar-refractivity contribution in [3.8, 4) is 5.69 Å². The summed E-state index contributed by atoms with van der Waals surface area (Å²) in [5.74, 6) is -2.06. The van der Waals surface area contributed by atoms with E-state index in [1.807, 2.05) is 0 Å². The molecule has 0 unspecified atom stereocenters. The maximum absolute atomic E-state index is 14.1. The molecule has 268 valence electrons. The Bertz CT molecular complexity index is 1690. The van der Waals surface area contributed by atoms with Crippen molar-refractivity contribution in [2.75, 3.05) is 6.61 Å². The molecule has 0 aliphatic carbocycles. The van der Waals surface area contributed by atoms with Crippen molar-refractivity contribution >= 4 is 36.1 Å². The largest absolute Gasteiger partial charge is 0.414 e. The van der Waals surface area contributed by atoms with Crippen LogP contribution in [0.1, 0.15) is 68.5 Å². The van der Waals surface area contributed by atoms with Crippen molar-refractivity contribution in [3.63, 3.8) is 0 Å². The lowest BCUT2D eigenvalue weighted by molar-refractivity contribution is -0.0470. The van der Waals surface area contributed by atoms with Gasteiger partial charge in [0.05, 0.1) is 18.6 Å². The summed E-state index contributed by atoms with van der Waals surface area (Å²) in [5.41, 5.74) is -0.00858. The summed E-state index contributed by atoms with van der Waals surface area (Å²) in [6.45, 7) is 33.5. The predicted molar refractivity (Wildman–Crippen MR) is 194 cm³/mol. The van der Waals surface area contributed by atoms with Gasteiger partial charge in [0.1, 0.15) is 24.6 Å². The van der Waals surface area contributed by atoms with Gasteiger partial charge < -0.3 is 18.0 Å². The molecule has 14 heteroatoms. The molecule has 0 spiro atoms. The van der Waals surface area contributed by atoms with E-state index < -0.39 is 66.7 Å². The normalized spacial score (nSPS) is 21.8. The van der Waals surface area contributed by atoms with Crippen LogP contribution >= 0.6 is 0 Å². The van der Waals surface area contributed by atoms with Crippen LogP contribution < -0.4 is 5.56 Å². The average molecular weight is 723 g/mol. The zero-order valence-electron chi connectivity index (χ0n) is 31.5. The molecule has 9 nitrogen and oxygen atoms in total. The molecule has 0 N–H and O–H groups in total. The highest BCUT2D eigenvalue weighted by Gasteiger charge is 2.55. The zero-order chi connectivity index (χ0) is 36.4. The molecule has 3 aromatic rings. The molecule has 1 aromatic carbocycles. The number of benzene rings is 1. The number of ether oxygens (including phenoxy) is 1. The Kier molecular flexibility index (Phi) is 10.4. The van der Waals surface area contributed by atoms with E-state index in [1.165, 1.54) is 12.4 Å². The third-order valence-corrected chi connectivity index (χ3v) is 24.6. The van der Waals surface area contributed by atoms with Gasteiger partial charge in [-0.05, 0) is 66.5 Å².